The summed E-state index contributed by atoms with van der Waals surface area (Å²) in [5.74, 6) is -1.76. The van der Waals surface area contributed by atoms with E-state index in [1.807, 2.05) is 0 Å². The van der Waals surface area contributed by atoms with Gasteiger partial charge in [-0.3, -0.25) is 9.59 Å². The smallest absolute Gasteiger partial charge is 0.323 e. The van der Waals surface area contributed by atoms with Crippen LogP contribution >= 0.6 is 0 Å². The van der Waals surface area contributed by atoms with Crippen LogP contribution in [0.15, 0.2) is 0 Å². The summed E-state index contributed by atoms with van der Waals surface area (Å²) in [6.45, 7) is 3.04. The van der Waals surface area contributed by atoms with Crippen LogP contribution in [-0.2, 0) is 9.59 Å². The van der Waals surface area contributed by atoms with E-state index in [1.165, 1.54) is 7.05 Å². The molecule has 92 valence electrons. The molecule has 0 saturated carbocycles. The van der Waals surface area contributed by atoms with Gasteiger partial charge >= 0.3 is 12.0 Å². The van der Waals surface area contributed by atoms with Gasteiger partial charge in [0.1, 0.15) is 12.6 Å². The van der Waals surface area contributed by atoms with Crippen molar-refractivity contribution in [2.24, 2.45) is 11.7 Å². The minimum Gasteiger partial charge on any atom is -0.480 e. The lowest BCUT2D eigenvalue weighted by molar-refractivity contribution is -0.144. The minimum atomic E-state index is -1.11. The van der Waals surface area contributed by atoms with Crippen molar-refractivity contribution in [1.82, 2.24) is 10.2 Å². The van der Waals surface area contributed by atoms with Gasteiger partial charge in [0.25, 0.3) is 0 Å². The lowest BCUT2D eigenvalue weighted by atomic mass is 10.0. The molecule has 0 aliphatic heterocycles. The van der Waals surface area contributed by atoms with Crippen molar-refractivity contribution >= 4 is 17.9 Å². The molecule has 0 fully saturated rings. The van der Waals surface area contributed by atoms with E-state index in [-0.39, 0.29) is 5.92 Å². The first-order chi connectivity index (χ1) is 7.25. The lowest BCUT2D eigenvalue weighted by Gasteiger charge is -2.25. The van der Waals surface area contributed by atoms with Gasteiger partial charge in [-0.15, -0.1) is 0 Å². The molecule has 0 aliphatic rings. The molecule has 7 heteroatoms. The third kappa shape index (κ3) is 4.63. The van der Waals surface area contributed by atoms with Crippen LogP contribution in [0.1, 0.15) is 13.8 Å². The molecule has 0 aromatic heterocycles. The summed E-state index contributed by atoms with van der Waals surface area (Å²) >= 11 is 0. The van der Waals surface area contributed by atoms with Crippen molar-refractivity contribution in [3.63, 3.8) is 0 Å². The number of aliphatic carboxylic acids is 1. The van der Waals surface area contributed by atoms with E-state index in [9.17, 15) is 14.4 Å². The molecule has 0 spiro atoms. The maximum Gasteiger partial charge on any atom is 0.323 e. The molecule has 4 N–H and O–H groups in total. The number of rotatable bonds is 5. The fourth-order valence-corrected chi connectivity index (χ4v) is 1.19. The molecular formula is C9H17N3O4. The van der Waals surface area contributed by atoms with Crippen molar-refractivity contribution in [3.8, 4) is 0 Å². The number of primary amides is 1. The Hall–Kier alpha value is -1.79. The molecule has 7 nitrogen and oxygen atoms in total. The minimum absolute atomic E-state index is 0.170. The highest BCUT2D eigenvalue weighted by Crippen LogP contribution is 2.05. The fourth-order valence-electron chi connectivity index (χ4n) is 1.19. The average molecular weight is 231 g/mol. The second kappa shape index (κ2) is 5.94. The van der Waals surface area contributed by atoms with E-state index in [0.717, 1.165) is 4.90 Å². The second-order valence-corrected chi connectivity index (χ2v) is 3.82. The van der Waals surface area contributed by atoms with E-state index in [4.69, 9.17) is 10.8 Å². The first-order valence-corrected chi connectivity index (χ1v) is 4.78. The van der Waals surface area contributed by atoms with Crippen molar-refractivity contribution < 1.29 is 19.5 Å². The zero-order chi connectivity index (χ0) is 12.9. The van der Waals surface area contributed by atoms with Crippen LogP contribution in [0.25, 0.3) is 0 Å². The van der Waals surface area contributed by atoms with Gasteiger partial charge in [0, 0.05) is 7.05 Å². The highest BCUT2D eigenvalue weighted by Gasteiger charge is 2.26. The molecule has 1 atom stereocenters. The van der Waals surface area contributed by atoms with Gasteiger partial charge < -0.3 is 21.1 Å². The number of amides is 3. The van der Waals surface area contributed by atoms with Crippen molar-refractivity contribution in [2.45, 2.75) is 19.9 Å². The van der Waals surface area contributed by atoms with Gasteiger partial charge in [0.15, 0.2) is 0 Å². The Morgan fingerprint density at radius 2 is 1.88 bits per heavy atom. The monoisotopic (exact) mass is 231 g/mol. The van der Waals surface area contributed by atoms with Crippen LogP contribution < -0.4 is 11.1 Å². The molecule has 16 heavy (non-hydrogen) atoms. The molecule has 1 unspecified atom stereocenters. The van der Waals surface area contributed by atoms with Crippen molar-refractivity contribution in [2.75, 3.05) is 13.6 Å². The molecular weight excluding hydrogens is 214 g/mol. The summed E-state index contributed by atoms with van der Waals surface area (Å²) in [7, 11) is 1.36. The molecule has 0 saturated heterocycles. The average Bonchev–Trinajstić information content (AvgIpc) is 2.11. The van der Waals surface area contributed by atoms with E-state index in [2.05, 4.69) is 5.32 Å². The number of carbonyl (C=O) groups excluding carboxylic acids is 2. The maximum absolute atomic E-state index is 11.7. The first kappa shape index (κ1) is 14.2. The predicted octanol–water partition coefficient (Wildman–Crippen LogP) is -0.778. The van der Waals surface area contributed by atoms with E-state index in [1.54, 1.807) is 13.8 Å². The Bertz CT molecular complexity index is 290. The topological polar surface area (TPSA) is 113 Å². The number of carboxylic acid groups (broad SMARTS) is 1. The molecule has 0 heterocycles. The molecule has 0 aromatic rings. The summed E-state index contributed by atoms with van der Waals surface area (Å²) in [6, 6.07) is -1.61. The third-order valence-corrected chi connectivity index (χ3v) is 1.98. The summed E-state index contributed by atoms with van der Waals surface area (Å²) in [5.41, 5.74) is 4.93. The van der Waals surface area contributed by atoms with E-state index < -0.39 is 30.5 Å². The van der Waals surface area contributed by atoms with Gasteiger partial charge in [0.05, 0.1) is 0 Å². The number of likely N-dealkylation sites (N-methyl/N-ethyl adjacent to an activating group) is 1. The maximum atomic E-state index is 11.7. The van der Waals surface area contributed by atoms with Crippen molar-refractivity contribution in [1.29, 1.82) is 0 Å². The van der Waals surface area contributed by atoms with Gasteiger partial charge in [0.2, 0.25) is 5.91 Å². The zero-order valence-corrected chi connectivity index (χ0v) is 9.56. The Morgan fingerprint density at radius 1 is 1.38 bits per heavy atom. The SMILES string of the molecule is CC(C)C(NC(N)=O)C(=O)N(C)CC(=O)O. The quantitative estimate of drug-likeness (QED) is 0.576. The second-order valence-electron chi connectivity index (χ2n) is 3.82. The van der Waals surface area contributed by atoms with Crippen LogP contribution in [0.3, 0.4) is 0 Å². The van der Waals surface area contributed by atoms with Gasteiger partial charge in [-0.25, -0.2) is 4.79 Å². The number of nitrogens with zero attached hydrogens (tertiary/aromatic N) is 1. The molecule has 0 rings (SSSR count). The number of hydrogen-bond donors (Lipinski definition) is 3. The summed E-state index contributed by atoms with van der Waals surface area (Å²) in [6.07, 6.45) is 0. The number of carbonyl (C=O) groups is 3. The fraction of sp³-hybridized carbons (Fsp3) is 0.667. The first-order valence-electron chi connectivity index (χ1n) is 4.78. The number of nitrogens with two attached hydrogens (primary N) is 1. The molecule has 0 aromatic carbocycles. The summed E-state index contributed by atoms with van der Waals surface area (Å²) in [5, 5.41) is 10.8. The van der Waals surface area contributed by atoms with Crippen LogP contribution in [0.5, 0.6) is 0 Å². The van der Waals surface area contributed by atoms with E-state index in [0.29, 0.717) is 0 Å². The Morgan fingerprint density at radius 3 is 2.19 bits per heavy atom. The number of hydrogen-bond acceptors (Lipinski definition) is 3. The Balaban J connectivity index is 4.60. The number of carboxylic acids is 1. The van der Waals surface area contributed by atoms with Gasteiger partial charge in [-0.1, -0.05) is 13.8 Å². The number of nitrogens with one attached hydrogen (secondary N) is 1. The zero-order valence-electron chi connectivity index (χ0n) is 9.56. The molecule has 0 bridgehead atoms. The molecule has 0 aliphatic carbocycles. The predicted molar refractivity (Wildman–Crippen MR) is 56.6 cm³/mol. The normalized spacial score (nSPS) is 12.0. The number of urea groups is 1. The largest absolute Gasteiger partial charge is 0.480 e. The van der Waals surface area contributed by atoms with Crippen LogP contribution in [-0.4, -0.2) is 47.5 Å². The molecule has 0 radical (unpaired) electrons. The van der Waals surface area contributed by atoms with Crippen LogP contribution in [0.4, 0.5) is 4.79 Å². The van der Waals surface area contributed by atoms with Gasteiger partial charge in [-0.05, 0) is 5.92 Å². The summed E-state index contributed by atoms with van der Waals surface area (Å²) in [4.78, 5) is 33.9. The standard InChI is InChI=1S/C9H17N3O4/c1-5(2)7(11-9(10)16)8(15)12(3)4-6(13)14/h5,7H,4H2,1-3H3,(H,13,14)(H3,10,11,16). The lowest BCUT2D eigenvalue weighted by Crippen LogP contribution is -2.52. The summed E-state index contributed by atoms with van der Waals surface area (Å²) < 4.78 is 0. The van der Waals surface area contributed by atoms with E-state index >= 15 is 0 Å². The third-order valence-electron chi connectivity index (χ3n) is 1.98. The highest BCUT2D eigenvalue weighted by molar-refractivity contribution is 5.88. The highest BCUT2D eigenvalue weighted by atomic mass is 16.4. The molecule has 3 amide bonds. The Labute approximate surface area is 93.6 Å². The van der Waals surface area contributed by atoms with Gasteiger partial charge in [-0.2, -0.15) is 0 Å². The van der Waals surface area contributed by atoms with Crippen molar-refractivity contribution in [3.05, 3.63) is 0 Å². The van der Waals surface area contributed by atoms with Crippen LogP contribution in [0.2, 0.25) is 0 Å². The van der Waals surface area contributed by atoms with Crippen LogP contribution in [0, 0.1) is 5.92 Å². The Kier molecular flexibility index (Phi) is 5.27.